The smallest absolute Gasteiger partial charge is 0.355 e. The SMILES string of the molecule is Cn1nc(C(C)(C)C)cc1-c1nc2cc(-c3ccccc3C(F)(F)F)nc(N3CCCCC3)c2[nH]1. The quantitative estimate of drug-likeness (QED) is 0.371. The fourth-order valence-electron chi connectivity index (χ4n) is 4.60. The number of fused-ring (bicyclic) bond motifs is 1. The van der Waals surface area contributed by atoms with Gasteiger partial charge >= 0.3 is 6.18 Å². The van der Waals surface area contributed by atoms with Gasteiger partial charge in [0.1, 0.15) is 11.2 Å². The molecule has 5 rings (SSSR count). The summed E-state index contributed by atoms with van der Waals surface area (Å²) in [6.07, 6.45) is -1.31. The van der Waals surface area contributed by atoms with E-state index >= 15 is 0 Å². The molecule has 0 radical (unpaired) electrons. The van der Waals surface area contributed by atoms with Gasteiger partial charge in [-0.2, -0.15) is 18.3 Å². The van der Waals surface area contributed by atoms with Gasteiger partial charge in [-0.1, -0.05) is 39.0 Å². The summed E-state index contributed by atoms with van der Waals surface area (Å²) >= 11 is 0. The Balaban J connectivity index is 1.71. The maximum absolute atomic E-state index is 13.8. The van der Waals surface area contributed by atoms with Gasteiger partial charge in [-0.3, -0.25) is 4.68 Å². The predicted octanol–water partition coefficient (Wildman–Crippen LogP) is 6.33. The number of rotatable bonds is 3. The van der Waals surface area contributed by atoms with Crippen molar-refractivity contribution in [2.24, 2.45) is 7.05 Å². The number of halogens is 3. The van der Waals surface area contributed by atoms with E-state index in [4.69, 9.17) is 9.97 Å². The number of imidazole rings is 1. The van der Waals surface area contributed by atoms with Crippen LogP contribution in [0.4, 0.5) is 19.0 Å². The molecule has 1 aliphatic rings. The van der Waals surface area contributed by atoms with E-state index in [0.29, 0.717) is 17.2 Å². The van der Waals surface area contributed by atoms with Gasteiger partial charge in [0.2, 0.25) is 0 Å². The monoisotopic (exact) mass is 482 g/mol. The van der Waals surface area contributed by atoms with Crippen molar-refractivity contribution < 1.29 is 13.2 Å². The van der Waals surface area contributed by atoms with Crippen LogP contribution in [-0.4, -0.2) is 37.8 Å². The lowest BCUT2D eigenvalue weighted by Crippen LogP contribution is -2.30. The third-order valence-corrected chi connectivity index (χ3v) is 6.51. The van der Waals surface area contributed by atoms with E-state index in [1.165, 1.54) is 12.1 Å². The van der Waals surface area contributed by atoms with Gasteiger partial charge < -0.3 is 9.88 Å². The largest absolute Gasteiger partial charge is 0.417 e. The van der Waals surface area contributed by atoms with Gasteiger partial charge in [-0.05, 0) is 37.5 Å². The second kappa shape index (κ2) is 8.39. The molecule has 1 N–H and O–H groups in total. The minimum atomic E-state index is -4.48. The molecule has 0 unspecified atom stereocenters. The van der Waals surface area contributed by atoms with Gasteiger partial charge in [0.05, 0.1) is 22.5 Å². The Labute approximate surface area is 202 Å². The Morgan fingerprint density at radius 1 is 0.943 bits per heavy atom. The molecule has 1 aliphatic heterocycles. The van der Waals surface area contributed by atoms with Crippen LogP contribution >= 0.6 is 0 Å². The second-order valence-electron chi connectivity index (χ2n) is 10.2. The van der Waals surface area contributed by atoms with Crippen molar-refractivity contribution in [1.29, 1.82) is 0 Å². The molecule has 35 heavy (non-hydrogen) atoms. The van der Waals surface area contributed by atoms with Crippen LogP contribution in [0.1, 0.15) is 51.3 Å². The number of piperidine rings is 1. The zero-order valence-electron chi connectivity index (χ0n) is 20.4. The highest BCUT2D eigenvalue weighted by Gasteiger charge is 2.34. The summed E-state index contributed by atoms with van der Waals surface area (Å²) in [7, 11) is 1.87. The number of anilines is 1. The van der Waals surface area contributed by atoms with Crippen LogP contribution in [0, 0.1) is 0 Å². The molecule has 4 aromatic rings. The van der Waals surface area contributed by atoms with E-state index in [1.54, 1.807) is 16.8 Å². The van der Waals surface area contributed by atoms with Gasteiger partial charge in [0.15, 0.2) is 11.6 Å². The Bertz CT molecular complexity index is 1370. The lowest BCUT2D eigenvalue weighted by molar-refractivity contribution is -0.137. The summed E-state index contributed by atoms with van der Waals surface area (Å²) in [6.45, 7) is 7.91. The van der Waals surface area contributed by atoms with Crippen molar-refractivity contribution in [3.05, 3.63) is 47.7 Å². The predicted molar refractivity (Wildman–Crippen MR) is 131 cm³/mol. The van der Waals surface area contributed by atoms with E-state index in [2.05, 4.69) is 35.8 Å². The molecule has 9 heteroatoms. The van der Waals surface area contributed by atoms with Crippen LogP contribution in [0.5, 0.6) is 0 Å². The molecule has 0 aliphatic carbocycles. The summed E-state index contributed by atoms with van der Waals surface area (Å²) < 4.78 is 43.2. The first-order valence-electron chi connectivity index (χ1n) is 11.9. The van der Waals surface area contributed by atoms with Crippen molar-refractivity contribution in [2.45, 2.75) is 51.6 Å². The number of nitrogens with one attached hydrogen (secondary N) is 1. The molecule has 6 nitrogen and oxygen atoms in total. The summed E-state index contributed by atoms with van der Waals surface area (Å²) in [5, 5.41) is 4.65. The molecule has 1 saturated heterocycles. The summed E-state index contributed by atoms with van der Waals surface area (Å²) in [5.74, 6) is 1.26. The molecule has 0 saturated carbocycles. The van der Waals surface area contributed by atoms with Gasteiger partial charge in [0, 0.05) is 31.1 Å². The number of hydrogen-bond acceptors (Lipinski definition) is 4. The van der Waals surface area contributed by atoms with Crippen molar-refractivity contribution in [1.82, 2.24) is 24.7 Å². The average Bonchev–Trinajstić information content (AvgIpc) is 3.41. The summed E-state index contributed by atoms with van der Waals surface area (Å²) in [4.78, 5) is 15.1. The third-order valence-electron chi connectivity index (χ3n) is 6.51. The number of benzene rings is 1. The third kappa shape index (κ3) is 4.39. The van der Waals surface area contributed by atoms with Crippen LogP contribution in [-0.2, 0) is 18.6 Å². The lowest BCUT2D eigenvalue weighted by atomic mass is 9.92. The molecule has 1 fully saturated rings. The fourth-order valence-corrected chi connectivity index (χ4v) is 4.60. The Hall–Kier alpha value is -3.36. The number of aromatic amines is 1. The number of aryl methyl sites for hydroxylation is 1. The fraction of sp³-hybridized carbons (Fsp3) is 0.423. The second-order valence-corrected chi connectivity index (χ2v) is 10.2. The number of hydrogen-bond donors (Lipinski definition) is 1. The molecular formula is C26H29F3N6. The maximum Gasteiger partial charge on any atom is 0.417 e. The zero-order chi connectivity index (χ0) is 25.0. The molecule has 0 amide bonds. The van der Waals surface area contributed by atoms with Crippen LogP contribution in [0.3, 0.4) is 0 Å². The van der Waals surface area contributed by atoms with Crippen LogP contribution < -0.4 is 4.90 Å². The van der Waals surface area contributed by atoms with E-state index < -0.39 is 11.7 Å². The number of H-pyrrole nitrogens is 1. The Morgan fingerprint density at radius 3 is 2.31 bits per heavy atom. The maximum atomic E-state index is 13.8. The molecule has 0 atom stereocenters. The first-order chi connectivity index (χ1) is 16.5. The summed E-state index contributed by atoms with van der Waals surface area (Å²) in [5.41, 5.74) is 2.56. The van der Waals surface area contributed by atoms with E-state index in [0.717, 1.165) is 55.3 Å². The number of nitrogens with zero attached hydrogens (tertiary/aromatic N) is 5. The van der Waals surface area contributed by atoms with Gasteiger partial charge in [-0.15, -0.1) is 0 Å². The molecule has 0 bridgehead atoms. The van der Waals surface area contributed by atoms with Crippen molar-refractivity contribution in [3.63, 3.8) is 0 Å². The van der Waals surface area contributed by atoms with Gasteiger partial charge in [-0.25, -0.2) is 9.97 Å². The highest BCUT2D eigenvalue weighted by Crippen LogP contribution is 2.39. The van der Waals surface area contributed by atoms with Crippen LogP contribution in [0.2, 0.25) is 0 Å². The van der Waals surface area contributed by atoms with Crippen molar-refractivity contribution in [3.8, 4) is 22.8 Å². The van der Waals surface area contributed by atoms with E-state index in [9.17, 15) is 13.2 Å². The molecule has 4 heterocycles. The highest BCUT2D eigenvalue weighted by atomic mass is 19.4. The topological polar surface area (TPSA) is 62.6 Å². The average molecular weight is 483 g/mol. The standard InChI is InChI=1S/C26H29F3N6/c1-25(2,3)21-15-20(34(4)33-21)23-30-19-14-18(16-10-6-7-11-17(16)26(27,28)29)31-24(22(19)32-23)35-12-8-5-9-13-35/h6-7,10-11,14-15H,5,8-9,12-13H2,1-4H3,(H,30,32). The highest BCUT2D eigenvalue weighted by molar-refractivity contribution is 5.92. The molecule has 1 aromatic carbocycles. The molecular weight excluding hydrogens is 453 g/mol. The zero-order valence-corrected chi connectivity index (χ0v) is 20.4. The lowest BCUT2D eigenvalue weighted by Gasteiger charge is -2.28. The summed E-state index contributed by atoms with van der Waals surface area (Å²) in [6, 6.07) is 9.23. The van der Waals surface area contributed by atoms with E-state index in [-0.39, 0.29) is 16.7 Å². The Morgan fingerprint density at radius 2 is 1.66 bits per heavy atom. The first-order valence-corrected chi connectivity index (χ1v) is 11.9. The Kier molecular flexibility index (Phi) is 5.61. The minimum Gasteiger partial charge on any atom is -0.355 e. The van der Waals surface area contributed by atoms with Crippen LogP contribution in [0.25, 0.3) is 33.8 Å². The van der Waals surface area contributed by atoms with Crippen LogP contribution in [0.15, 0.2) is 36.4 Å². The number of alkyl halides is 3. The van der Waals surface area contributed by atoms with E-state index in [1.807, 2.05) is 13.1 Å². The molecule has 0 spiro atoms. The normalized spacial score (nSPS) is 15.2. The minimum absolute atomic E-state index is 0.0558. The number of aromatic nitrogens is 5. The first kappa shape index (κ1) is 23.4. The molecule has 184 valence electrons. The number of pyridine rings is 1. The van der Waals surface area contributed by atoms with Crippen molar-refractivity contribution in [2.75, 3.05) is 18.0 Å². The van der Waals surface area contributed by atoms with Crippen molar-refractivity contribution >= 4 is 16.9 Å². The molecule has 3 aromatic heterocycles. The van der Waals surface area contributed by atoms with Gasteiger partial charge in [0.25, 0.3) is 0 Å².